The lowest BCUT2D eigenvalue weighted by atomic mass is 9.76. The first-order valence-electron chi connectivity index (χ1n) is 16.2. The molecule has 2 bridgehead atoms. The van der Waals surface area contributed by atoms with E-state index in [4.69, 9.17) is 23.7 Å². The van der Waals surface area contributed by atoms with Crippen LogP contribution in [0, 0.1) is 11.3 Å². The standard InChI is InChI=1S/C35H47N3O9/c1-5-46-34(42)35(20-24-8-9-24)21-25-10-13-28(44-3)30(17-25)47-22-32(40)36-14-16-38(15-6-7-31(39)37-23-35)33(41)18-26-11-12-27(43-2)19-29(26)45-4/h10-13,17,19,24H,5-9,14-16,18,20-23H2,1-4H3,(H,36,40)(H,37,39). The lowest BCUT2D eigenvalue weighted by Gasteiger charge is -2.32. The van der Waals surface area contributed by atoms with Crippen LogP contribution >= 0.6 is 0 Å². The molecule has 1 aliphatic carbocycles. The zero-order valence-electron chi connectivity index (χ0n) is 27.9. The van der Waals surface area contributed by atoms with E-state index in [2.05, 4.69) is 10.6 Å². The number of carbonyl (C=O) groups excluding carboxylic acids is 4. The molecule has 2 aromatic rings. The van der Waals surface area contributed by atoms with Crippen LogP contribution in [-0.4, -0.2) is 89.3 Å². The number of esters is 1. The molecule has 47 heavy (non-hydrogen) atoms. The van der Waals surface area contributed by atoms with Crippen molar-refractivity contribution in [1.29, 1.82) is 0 Å². The first kappa shape index (κ1) is 35.4. The molecule has 0 saturated heterocycles. The monoisotopic (exact) mass is 653 g/mol. The van der Waals surface area contributed by atoms with E-state index < -0.39 is 5.41 Å². The molecular weight excluding hydrogens is 606 g/mol. The molecule has 12 heteroatoms. The number of hydrogen-bond donors (Lipinski definition) is 2. The summed E-state index contributed by atoms with van der Waals surface area (Å²) < 4.78 is 27.7. The van der Waals surface area contributed by atoms with E-state index in [0.29, 0.717) is 60.3 Å². The predicted molar refractivity (Wildman–Crippen MR) is 174 cm³/mol. The van der Waals surface area contributed by atoms with Crippen LogP contribution in [0.25, 0.3) is 0 Å². The summed E-state index contributed by atoms with van der Waals surface area (Å²) in [7, 11) is 4.60. The largest absolute Gasteiger partial charge is 0.497 e. The number of rotatable bonds is 9. The lowest BCUT2D eigenvalue weighted by molar-refractivity contribution is -0.156. The second-order valence-corrected chi connectivity index (χ2v) is 12.1. The Morgan fingerprint density at radius 2 is 1.74 bits per heavy atom. The molecule has 1 saturated carbocycles. The molecule has 12 nitrogen and oxygen atoms in total. The van der Waals surface area contributed by atoms with Crippen molar-refractivity contribution in [3.05, 3.63) is 47.5 Å². The van der Waals surface area contributed by atoms with Crippen LogP contribution in [0.5, 0.6) is 23.0 Å². The Kier molecular flexibility index (Phi) is 12.7. The van der Waals surface area contributed by atoms with E-state index >= 15 is 0 Å². The minimum absolute atomic E-state index is 0.0653. The summed E-state index contributed by atoms with van der Waals surface area (Å²) in [6.07, 6.45) is 3.55. The Balaban J connectivity index is 1.57. The Morgan fingerprint density at radius 3 is 2.45 bits per heavy atom. The van der Waals surface area contributed by atoms with E-state index in [0.717, 1.165) is 18.4 Å². The van der Waals surface area contributed by atoms with Crippen molar-refractivity contribution in [2.24, 2.45) is 11.3 Å². The minimum Gasteiger partial charge on any atom is -0.497 e. The highest BCUT2D eigenvalue weighted by Gasteiger charge is 2.44. The highest BCUT2D eigenvalue weighted by Crippen LogP contribution is 2.43. The fraction of sp³-hybridized carbons (Fsp3) is 0.543. The number of nitrogens with zero attached hydrogens (tertiary/aromatic N) is 1. The SMILES string of the molecule is CCOC(=O)C1(CC2CC2)CNC(=O)CCCN(C(=O)Cc2ccc(OC)cc2OC)CCNC(=O)COc2cc(ccc2OC)C1. The Hall–Kier alpha value is -4.48. The van der Waals surface area contributed by atoms with Gasteiger partial charge in [0.2, 0.25) is 11.8 Å². The number of hydrogen-bond acceptors (Lipinski definition) is 9. The number of ether oxygens (including phenoxy) is 5. The third-order valence-corrected chi connectivity index (χ3v) is 8.56. The molecule has 4 rings (SSSR count). The van der Waals surface area contributed by atoms with Gasteiger partial charge in [-0.2, -0.15) is 0 Å². The molecule has 256 valence electrons. The van der Waals surface area contributed by atoms with Crippen LogP contribution in [0.15, 0.2) is 36.4 Å². The summed E-state index contributed by atoms with van der Waals surface area (Å²) in [4.78, 5) is 54.7. The maximum atomic E-state index is 13.6. The van der Waals surface area contributed by atoms with Crippen LogP contribution in [0.4, 0.5) is 0 Å². The van der Waals surface area contributed by atoms with Crippen LogP contribution < -0.4 is 29.6 Å². The van der Waals surface area contributed by atoms with Gasteiger partial charge in [-0.3, -0.25) is 19.2 Å². The summed E-state index contributed by atoms with van der Waals surface area (Å²) in [5.41, 5.74) is 0.504. The van der Waals surface area contributed by atoms with E-state index in [1.165, 1.54) is 14.2 Å². The van der Waals surface area contributed by atoms with E-state index in [-0.39, 0.29) is 69.4 Å². The molecule has 3 amide bonds. The third-order valence-electron chi connectivity index (χ3n) is 8.56. The molecule has 1 unspecified atom stereocenters. The quantitative estimate of drug-likeness (QED) is 0.391. The number of amides is 3. The van der Waals surface area contributed by atoms with Gasteiger partial charge in [-0.25, -0.2) is 0 Å². The van der Waals surface area contributed by atoms with E-state index in [1.54, 1.807) is 49.3 Å². The summed E-state index contributed by atoms with van der Waals surface area (Å²) in [6.45, 7) is 2.56. The van der Waals surface area contributed by atoms with Crippen molar-refractivity contribution in [3.8, 4) is 23.0 Å². The average Bonchev–Trinajstić information content (AvgIpc) is 3.89. The molecule has 1 aliphatic heterocycles. The number of nitrogens with one attached hydrogen (secondary N) is 2. The van der Waals surface area contributed by atoms with Gasteiger partial charge < -0.3 is 39.2 Å². The fourth-order valence-electron chi connectivity index (χ4n) is 5.87. The molecular formula is C35H47N3O9. The average molecular weight is 654 g/mol. The van der Waals surface area contributed by atoms with Gasteiger partial charge in [0, 0.05) is 44.2 Å². The van der Waals surface area contributed by atoms with Gasteiger partial charge in [0.25, 0.3) is 5.91 Å². The van der Waals surface area contributed by atoms with Gasteiger partial charge in [-0.05, 0) is 55.9 Å². The topological polar surface area (TPSA) is 142 Å². The number of methoxy groups -OCH3 is 3. The molecule has 0 spiro atoms. The molecule has 2 N–H and O–H groups in total. The second-order valence-electron chi connectivity index (χ2n) is 12.1. The zero-order valence-corrected chi connectivity index (χ0v) is 27.9. The van der Waals surface area contributed by atoms with Gasteiger partial charge in [-0.1, -0.05) is 25.0 Å². The van der Waals surface area contributed by atoms with Gasteiger partial charge >= 0.3 is 5.97 Å². The zero-order chi connectivity index (χ0) is 33.8. The van der Waals surface area contributed by atoms with Crippen LogP contribution in [-0.2, 0) is 36.8 Å². The first-order valence-corrected chi connectivity index (χ1v) is 16.2. The van der Waals surface area contributed by atoms with Crippen molar-refractivity contribution in [2.75, 3.05) is 60.7 Å². The van der Waals surface area contributed by atoms with Crippen molar-refractivity contribution >= 4 is 23.7 Å². The van der Waals surface area contributed by atoms with Gasteiger partial charge in [0.05, 0.1) is 39.8 Å². The lowest BCUT2D eigenvalue weighted by Crippen LogP contribution is -2.46. The van der Waals surface area contributed by atoms with E-state index in [1.807, 2.05) is 6.07 Å². The molecule has 2 aliphatic rings. The summed E-state index contributed by atoms with van der Waals surface area (Å²) in [6, 6.07) is 10.6. The van der Waals surface area contributed by atoms with Crippen LogP contribution in [0.2, 0.25) is 0 Å². The highest BCUT2D eigenvalue weighted by molar-refractivity contribution is 5.82. The maximum absolute atomic E-state index is 13.6. The Labute approximate surface area is 276 Å². The minimum atomic E-state index is -0.985. The fourth-order valence-corrected chi connectivity index (χ4v) is 5.87. The maximum Gasteiger partial charge on any atom is 0.314 e. The molecule has 0 radical (unpaired) electrons. The summed E-state index contributed by atoms with van der Waals surface area (Å²) in [5.74, 6) is 1.20. The van der Waals surface area contributed by atoms with Crippen LogP contribution in [0.1, 0.15) is 50.2 Å². The summed E-state index contributed by atoms with van der Waals surface area (Å²) in [5, 5.41) is 5.83. The van der Waals surface area contributed by atoms with Gasteiger partial charge in [0.15, 0.2) is 18.1 Å². The Bertz CT molecular complexity index is 1410. The molecule has 0 aromatic heterocycles. The van der Waals surface area contributed by atoms with Gasteiger partial charge in [0.1, 0.15) is 11.5 Å². The van der Waals surface area contributed by atoms with Crippen molar-refractivity contribution in [1.82, 2.24) is 15.5 Å². The molecule has 1 atom stereocenters. The number of fused-ring (bicyclic) bond motifs is 2. The first-order chi connectivity index (χ1) is 22.7. The van der Waals surface area contributed by atoms with E-state index in [9.17, 15) is 19.2 Å². The smallest absolute Gasteiger partial charge is 0.314 e. The summed E-state index contributed by atoms with van der Waals surface area (Å²) >= 11 is 0. The van der Waals surface area contributed by atoms with Gasteiger partial charge in [-0.15, -0.1) is 0 Å². The normalized spacial score (nSPS) is 19.6. The Morgan fingerprint density at radius 1 is 0.957 bits per heavy atom. The highest BCUT2D eigenvalue weighted by atomic mass is 16.5. The third kappa shape index (κ3) is 10.0. The van der Waals surface area contributed by atoms with Crippen LogP contribution in [0.3, 0.4) is 0 Å². The predicted octanol–water partition coefficient (Wildman–Crippen LogP) is 3.08. The number of carbonyl (C=O) groups is 4. The second kappa shape index (κ2) is 16.9. The molecule has 1 heterocycles. The van der Waals surface area contributed by atoms with Crippen molar-refractivity contribution in [3.63, 3.8) is 0 Å². The number of benzene rings is 2. The van der Waals surface area contributed by atoms with Crippen molar-refractivity contribution < 1.29 is 42.9 Å². The molecule has 2 aromatic carbocycles. The van der Waals surface area contributed by atoms with Crippen molar-refractivity contribution in [2.45, 2.75) is 51.9 Å². The molecule has 1 fully saturated rings.